The average Bonchev–Trinajstić information content (AvgIpc) is 2.71. The fraction of sp³-hybridized carbons (Fsp3) is 0.333. The fourth-order valence-corrected chi connectivity index (χ4v) is 3.12. The van der Waals surface area contributed by atoms with Gasteiger partial charge < -0.3 is 19.5 Å². The van der Waals surface area contributed by atoms with Crippen LogP contribution in [0.4, 0.5) is 0 Å². The van der Waals surface area contributed by atoms with Crippen LogP contribution in [0.3, 0.4) is 0 Å². The third-order valence-corrected chi connectivity index (χ3v) is 5.01. The van der Waals surface area contributed by atoms with E-state index < -0.39 is 28.5 Å². The highest BCUT2D eigenvalue weighted by atomic mass is 32.2. The number of ether oxygens (including phenoxy) is 3. The van der Waals surface area contributed by atoms with Gasteiger partial charge in [0.05, 0.1) is 23.7 Å². The summed E-state index contributed by atoms with van der Waals surface area (Å²) >= 11 is 0. The standard InChI is InChI=1S/C21H26N2O7S/c1-14(2)30-18-9-6-16(12-19(18)28-3)21(25)29-13-20(24)23-11-10-15-4-7-17(8-5-15)31(22,26)27/h4-9,12,14H,10-11,13H2,1-3H3,(H,23,24)(H2,22,26,27). The molecule has 0 spiro atoms. The van der Waals surface area contributed by atoms with E-state index in [1.807, 2.05) is 13.8 Å². The molecule has 0 aromatic heterocycles. The maximum absolute atomic E-state index is 12.2. The number of benzene rings is 2. The van der Waals surface area contributed by atoms with Crippen molar-refractivity contribution >= 4 is 21.9 Å². The second-order valence-electron chi connectivity index (χ2n) is 6.90. The Labute approximate surface area is 181 Å². The van der Waals surface area contributed by atoms with Gasteiger partial charge in [0.2, 0.25) is 10.0 Å². The van der Waals surface area contributed by atoms with Crippen molar-refractivity contribution in [3.63, 3.8) is 0 Å². The van der Waals surface area contributed by atoms with Crippen LogP contribution in [0.25, 0.3) is 0 Å². The number of nitrogens with two attached hydrogens (primary N) is 1. The van der Waals surface area contributed by atoms with Crippen LogP contribution in [0.5, 0.6) is 11.5 Å². The molecule has 0 aliphatic heterocycles. The average molecular weight is 451 g/mol. The number of primary sulfonamides is 1. The lowest BCUT2D eigenvalue weighted by molar-refractivity contribution is -0.124. The van der Waals surface area contributed by atoms with Gasteiger partial charge in [-0.1, -0.05) is 12.1 Å². The van der Waals surface area contributed by atoms with E-state index in [1.54, 1.807) is 18.2 Å². The lowest BCUT2D eigenvalue weighted by atomic mass is 10.1. The fourth-order valence-electron chi connectivity index (χ4n) is 2.60. The first kappa shape index (κ1) is 24.2. The van der Waals surface area contributed by atoms with Gasteiger partial charge in [0.1, 0.15) is 0 Å². The SMILES string of the molecule is COc1cc(C(=O)OCC(=O)NCCc2ccc(S(N)(=O)=O)cc2)ccc1OC(C)C. The maximum atomic E-state index is 12.2. The molecule has 0 radical (unpaired) electrons. The number of hydrogen-bond acceptors (Lipinski definition) is 7. The minimum absolute atomic E-state index is 0.0210. The molecular weight excluding hydrogens is 424 g/mol. The molecule has 2 aromatic carbocycles. The molecule has 0 heterocycles. The first-order chi connectivity index (χ1) is 14.6. The molecule has 10 heteroatoms. The number of nitrogens with one attached hydrogen (secondary N) is 1. The number of carbonyl (C=O) groups excluding carboxylic acids is 2. The van der Waals surface area contributed by atoms with Crippen molar-refractivity contribution in [3.8, 4) is 11.5 Å². The molecule has 0 aliphatic rings. The zero-order valence-electron chi connectivity index (χ0n) is 17.6. The molecule has 0 saturated heterocycles. The highest BCUT2D eigenvalue weighted by Crippen LogP contribution is 2.29. The van der Waals surface area contributed by atoms with Gasteiger partial charge in [-0.2, -0.15) is 0 Å². The van der Waals surface area contributed by atoms with E-state index >= 15 is 0 Å². The lowest BCUT2D eigenvalue weighted by Crippen LogP contribution is -2.30. The summed E-state index contributed by atoms with van der Waals surface area (Å²) in [6.45, 7) is 3.61. The highest BCUT2D eigenvalue weighted by Gasteiger charge is 2.14. The van der Waals surface area contributed by atoms with Crippen molar-refractivity contribution < 1.29 is 32.2 Å². The first-order valence-electron chi connectivity index (χ1n) is 9.50. The predicted molar refractivity (Wildman–Crippen MR) is 114 cm³/mol. The molecule has 3 N–H and O–H groups in total. The van der Waals surface area contributed by atoms with E-state index in [9.17, 15) is 18.0 Å². The second-order valence-corrected chi connectivity index (χ2v) is 8.46. The van der Waals surface area contributed by atoms with Crippen LogP contribution in [0.1, 0.15) is 29.8 Å². The van der Waals surface area contributed by atoms with Gasteiger partial charge in [0.25, 0.3) is 5.91 Å². The molecule has 2 rings (SSSR count). The minimum Gasteiger partial charge on any atom is -0.493 e. The number of rotatable bonds is 10. The maximum Gasteiger partial charge on any atom is 0.338 e. The Balaban J connectivity index is 1.81. The van der Waals surface area contributed by atoms with Crippen molar-refractivity contribution in [3.05, 3.63) is 53.6 Å². The molecule has 168 valence electrons. The zero-order chi connectivity index (χ0) is 23.0. The molecule has 0 unspecified atom stereocenters. The van der Waals surface area contributed by atoms with E-state index in [-0.39, 0.29) is 16.6 Å². The Hall–Kier alpha value is -3.11. The zero-order valence-corrected chi connectivity index (χ0v) is 18.4. The van der Waals surface area contributed by atoms with Crippen LogP contribution in [0.15, 0.2) is 47.4 Å². The van der Waals surface area contributed by atoms with Gasteiger partial charge in [-0.05, 0) is 56.2 Å². The predicted octanol–water partition coefficient (Wildman–Crippen LogP) is 1.65. The van der Waals surface area contributed by atoms with Gasteiger partial charge in [0, 0.05) is 6.54 Å². The summed E-state index contributed by atoms with van der Waals surface area (Å²) < 4.78 is 38.3. The van der Waals surface area contributed by atoms with Crippen LogP contribution in [0, 0.1) is 0 Å². The quantitative estimate of drug-likeness (QED) is 0.526. The number of methoxy groups -OCH3 is 1. The number of carbonyl (C=O) groups is 2. The monoisotopic (exact) mass is 450 g/mol. The summed E-state index contributed by atoms with van der Waals surface area (Å²) in [4.78, 5) is 24.1. The van der Waals surface area contributed by atoms with Crippen molar-refractivity contribution in [1.29, 1.82) is 0 Å². The van der Waals surface area contributed by atoms with E-state index in [1.165, 1.54) is 31.4 Å². The molecule has 31 heavy (non-hydrogen) atoms. The third-order valence-electron chi connectivity index (χ3n) is 4.08. The molecule has 0 fully saturated rings. The van der Waals surface area contributed by atoms with Crippen molar-refractivity contribution in [2.75, 3.05) is 20.3 Å². The van der Waals surface area contributed by atoms with Gasteiger partial charge in [0.15, 0.2) is 18.1 Å². The molecule has 2 aromatic rings. The van der Waals surface area contributed by atoms with E-state index in [0.29, 0.717) is 24.5 Å². The van der Waals surface area contributed by atoms with Crippen molar-refractivity contribution in [2.24, 2.45) is 5.14 Å². The van der Waals surface area contributed by atoms with Gasteiger partial charge >= 0.3 is 5.97 Å². The summed E-state index contributed by atoms with van der Waals surface area (Å²) in [7, 11) is -2.27. The first-order valence-corrected chi connectivity index (χ1v) is 11.0. The van der Waals surface area contributed by atoms with E-state index in [0.717, 1.165) is 5.56 Å². The molecule has 0 bridgehead atoms. The number of sulfonamides is 1. The largest absolute Gasteiger partial charge is 0.493 e. The minimum atomic E-state index is -3.74. The van der Waals surface area contributed by atoms with Crippen LogP contribution >= 0.6 is 0 Å². The van der Waals surface area contributed by atoms with Crippen LogP contribution in [-0.4, -0.2) is 46.7 Å². The second kappa shape index (κ2) is 10.8. The lowest BCUT2D eigenvalue weighted by Gasteiger charge is -2.14. The highest BCUT2D eigenvalue weighted by molar-refractivity contribution is 7.89. The summed E-state index contributed by atoms with van der Waals surface area (Å²) in [6, 6.07) is 10.7. The molecular formula is C21H26N2O7S. The Morgan fingerprint density at radius 1 is 1.06 bits per heavy atom. The Morgan fingerprint density at radius 2 is 1.74 bits per heavy atom. The summed E-state index contributed by atoms with van der Waals surface area (Å²) in [5, 5.41) is 7.68. The molecule has 0 atom stereocenters. The smallest absolute Gasteiger partial charge is 0.338 e. The summed E-state index contributed by atoms with van der Waals surface area (Å²) in [5.41, 5.74) is 1.05. The summed E-state index contributed by atoms with van der Waals surface area (Å²) in [6.07, 6.45) is 0.418. The number of hydrogen-bond donors (Lipinski definition) is 2. The molecule has 0 saturated carbocycles. The van der Waals surface area contributed by atoms with E-state index in [2.05, 4.69) is 5.32 Å². The normalized spacial score (nSPS) is 11.1. The number of amides is 1. The topological polar surface area (TPSA) is 134 Å². The van der Waals surface area contributed by atoms with Gasteiger partial charge in [-0.25, -0.2) is 18.4 Å². The number of esters is 1. The Kier molecular flexibility index (Phi) is 8.40. The van der Waals surface area contributed by atoms with Crippen LogP contribution < -0.4 is 19.9 Å². The van der Waals surface area contributed by atoms with Gasteiger partial charge in [-0.15, -0.1) is 0 Å². The molecule has 9 nitrogen and oxygen atoms in total. The van der Waals surface area contributed by atoms with Crippen molar-refractivity contribution in [2.45, 2.75) is 31.3 Å². The van der Waals surface area contributed by atoms with Crippen LogP contribution in [0.2, 0.25) is 0 Å². The van der Waals surface area contributed by atoms with E-state index in [4.69, 9.17) is 19.3 Å². The molecule has 0 aliphatic carbocycles. The van der Waals surface area contributed by atoms with Crippen LogP contribution in [-0.2, 0) is 26.0 Å². The summed E-state index contributed by atoms with van der Waals surface area (Å²) in [5.74, 6) is -0.227. The van der Waals surface area contributed by atoms with Crippen molar-refractivity contribution in [1.82, 2.24) is 5.32 Å². The molecule has 1 amide bonds. The third kappa shape index (κ3) is 7.58. The Bertz CT molecular complexity index is 1020. The van der Waals surface area contributed by atoms with Gasteiger partial charge in [-0.3, -0.25) is 4.79 Å². The Morgan fingerprint density at radius 3 is 2.32 bits per heavy atom.